The van der Waals surface area contributed by atoms with Crippen LogP contribution < -0.4 is 9.47 Å². The summed E-state index contributed by atoms with van der Waals surface area (Å²) in [5.74, 6) is -0.0285. The molecule has 0 saturated carbocycles. The number of ether oxygens (including phenoxy) is 3. The fourth-order valence-corrected chi connectivity index (χ4v) is 2.51. The smallest absolute Gasteiger partial charge is 0.338 e. The zero-order valence-corrected chi connectivity index (χ0v) is 14.6. The van der Waals surface area contributed by atoms with Crippen LogP contribution in [-0.2, 0) is 4.74 Å². The van der Waals surface area contributed by atoms with E-state index in [2.05, 4.69) is 0 Å². The normalized spacial score (nSPS) is 11.5. The molecular weight excluding hydrogens is 350 g/mol. The van der Waals surface area contributed by atoms with Gasteiger partial charge in [0.05, 0.1) is 29.7 Å². The number of hydrogen-bond donors (Lipinski definition) is 0. The number of hydrogen-bond acceptors (Lipinski definition) is 6. The summed E-state index contributed by atoms with van der Waals surface area (Å²) in [7, 11) is 2.86. The maximum Gasteiger partial charge on any atom is 0.338 e. The number of nitro groups is 1. The Bertz CT molecular complexity index is 808. The number of carbonyl (C=O) groups excluding carboxylic acids is 1. The van der Waals surface area contributed by atoms with E-state index in [0.29, 0.717) is 17.1 Å². The summed E-state index contributed by atoms with van der Waals surface area (Å²) >= 11 is 6.08. The molecule has 8 heteroatoms. The maximum absolute atomic E-state index is 12.4. The average molecular weight is 366 g/mol. The highest BCUT2D eigenvalue weighted by Gasteiger charge is 2.19. The number of nitrogens with zero attached hydrogens (tertiary/aromatic N) is 1. The molecule has 7 nitrogen and oxygen atoms in total. The van der Waals surface area contributed by atoms with Crippen LogP contribution in [0.3, 0.4) is 0 Å². The zero-order valence-electron chi connectivity index (χ0n) is 13.8. The first-order valence-corrected chi connectivity index (χ1v) is 7.62. The number of non-ortho nitro benzene ring substituents is 1. The molecule has 0 fully saturated rings. The minimum Gasteiger partial charge on any atom is -0.493 e. The Morgan fingerprint density at radius 3 is 2.52 bits per heavy atom. The molecule has 0 spiro atoms. The molecule has 0 aliphatic rings. The number of benzene rings is 2. The fraction of sp³-hybridized carbons (Fsp3) is 0.235. The molecule has 132 valence electrons. The fourth-order valence-electron chi connectivity index (χ4n) is 2.22. The van der Waals surface area contributed by atoms with Gasteiger partial charge in [-0.1, -0.05) is 23.7 Å². The third-order valence-corrected chi connectivity index (χ3v) is 3.78. The Morgan fingerprint density at radius 2 is 1.92 bits per heavy atom. The van der Waals surface area contributed by atoms with E-state index < -0.39 is 17.0 Å². The number of rotatable bonds is 6. The average Bonchev–Trinajstić information content (AvgIpc) is 2.60. The molecule has 0 aliphatic heterocycles. The van der Waals surface area contributed by atoms with Crippen LogP contribution in [0.4, 0.5) is 5.69 Å². The van der Waals surface area contributed by atoms with Gasteiger partial charge in [-0.3, -0.25) is 10.1 Å². The summed E-state index contributed by atoms with van der Waals surface area (Å²) in [6.45, 7) is 1.62. The lowest BCUT2D eigenvalue weighted by molar-refractivity contribution is -0.385. The lowest BCUT2D eigenvalue weighted by Crippen LogP contribution is -2.10. The van der Waals surface area contributed by atoms with Crippen molar-refractivity contribution in [3.05, 3.63) is 62.7 Å². The van der Waals surface area contributed by atoms with Crippen LogP contribution in [-0.4, -0.2) is 25.1 Å². The van der Waals surface area contributed by atoms with Crippen LogP contribution >= 0.6 is 11.6 Å². The van der Waals surface area contributed by atoms with Crippen LogP contribution in [0.15, 0.2) is 36.4 Å². The molecule has 0 radical (unpaired) electrons. The molecule has 1 atom stereocenters. The Kier molecular flexibility index (Phi) is 5.82. The Labute approximate surface area is 149 Å². The molecule has 25 heavy (non-hydrogen) atoms. The Morgan fingerprint density at radius 1 is 1.20 bits per heavy atom. The van der Waals surface area contributed by atoms with Crippen molar-refractivity contribution in [1.29, 1.82) is 0 Å². The lowest BCUT2D eigenvalue weighted by Gasteiger charge is -2.15. The third kappa shape index (κ3) is 4.19. The number of carbonyl (C=O) groups is 1. The highest BCUT2D eigenvalue weighted by Crippen LogP contribution is 2.36. The first-order valence-electron chi connectivity index (χ1n) is 7.24. The van der Waals surface area contributed by atoms with Crippen molar-refractivity contribution in [1.82, 2.24) is 0 Å². The molecular formula is C17H16ClNO6. The minimum absolute atomic E-state index is 0.0745. The summed E-state index contributed by atoms with van der Waals surface area (Å²) < 4.78 is 15.6. The van der Waals surface area contributed by atoms with E-state index in [9.17, 15) is 14.9 Å². The molecule has 0 amide bonds. The van der Waals surface area contributed by atoms with Gasteiger partial charge in [-0.2, -0.15) is 0 Å². The summed E-state index contributed by atoms with van der Waals surface area (Å²) in [6, 6.07) is 8.77. The molecule has 2 aromatic rings. The van der Waals surface area contributed by atoms with Crippen molar-refractivity contribution in [2.45, 2.75) is 13.0 Å². The molecule has 0 aromatic heterocycles. The van der Waals surface area contributed by atoms with E-state index in [0.717, 1.165) is 0 Å². The van der Waals surface area contributed by atoms with Gasteiger partial charge in [-0.15, -0.1) is 0 Å². The quantitative estimate of drug-likeness (QED) is 0.433. The zero-order chi connectivity index (χ0) is 18.6. The minimum atomic E-state index is -0.681. The molecule has 2 rings (SSSR count). The number of methoxy groups -OCH3 is 2. The van der Waals surface area contributed by atoms with Gasteiger partial charge in [-0.05, 0) is 24.6 Å². The van der Waals surface area contributed by atoms with Crippen LogP contribution in [0.25, 0.3) is 0 Å². The highest BCUT2D eigenvalue weighted by atomic mass is 35.5. The van der Waals surface area contributed by atoms with E-state index in [1.165, 1.54) is 44.6 Å². The van der Waals surface area contributed by atoms with Crippen molar-refractivity contribution in [3.8, 4) is 11.5 Å². The second kappa shape index (κ2) is 7.85. The van der Waals surface area contributed by atoms with Gasteiger partial charge in [0.2, 0.25) is 0 Å². The maximum atomic E-state index is 12.4. The van der Waals surface area contributed by atoms with Crippen LogP contribution in [0.2, 0.25) is 5.02 Å². The van der Waals surface area contributed by atoms with E-state index >= 15 is 0 Å². The van der Waals surface area contributed by atoms with Gasteiger partial charge in [0.15, 0.2) is 11.5 Å². The van der Waals surface area contributed by atoms with E-state index in [-0.39, 0.29) is 16.3 Å². The predicted octanol–water partition coefficient (Wildman–Crippen LogP) is 4.18. The number of nitro benzene ring substituents is 1. The van der Waals surface area contributed by atoms with Gasteiger partial charge >= 0.3 is 5.97 Å². The SMILES string of the molecule is COc1cc(C(=O)O[C@H](C)c2cccc([N+](=O)[O-])c2)cc(Cl)c1OC. The predicted molar refractivity (Wildman–Crippen MR) is 91.5 cm³/mol. The lowest BCUT2D eigenvalue weighted by atomic mass is 10.1. The number of halogens is 1. The molecule has 0 aliphatic carbocycles. The molecule has 2 aromatic carbocycles. The van der Waals surface area contributed by atoms with Crippen molar-refractivity contribution >= 4 is 23.3 Å². The first kappa shape index (κ1) is 18.5. The first-order chi connectivity index (χ1) is 11.9. The monoisotopic (exact) mass is 365 g/mol. The Hall–Kier alpha value is -2.80. The van der Waals surface area contributed by atoms with Gasteiger partial charge < -0.3 is 14.2 Å². The van der Waals surface area contributed by atoms with Crippen molar-refractivity contribution in [2.75, 3.05) is 14.2 Å². The Balaban J connectivity index is 2.23. The summed E-state index contributed by atoms with van der Waals surface area (Å²) in [6.07, 6.45) is -0.681. The largest absolute Gasteiger partial charge is 0.493 e. The highest BCUT2D eigenvalue weighted by molar-refractivity contribution is 6.32. The molecule has 0 heterocycles. The van der Waals surface area contributed by atoms with Gasteiger partial charge in [0, 0.05) is 12.1 Å². The van der Waals surface area contributed by atoms with Crippen molar-refractivity contribution in [3.63, 3.8) is 0 Å². The van der Waals surface area contributed by atoms with E-state index in [4.69, 9.17) is 25.8 Å². The van der Waals surface area contributed by atoms with E-state index in [1.54, 1.807) is 13.0 Å². The van der Waals surface area contributed by atoms with Crippen molar-refractivity contribution in [2.24, 2.45) is 0 Å². The summed E-state index contributed by atoms with van der Waals surface area (Å²) in [5, 5.41) is 11.1. The standard InChI is InChI=1S/C17H16ClNO6/c1-10(11-5-4-6-13(7-11)19(21)22)25-17(20)12-8-14(18)16(24-3)15(9-12)23-2/h4-10H,1-3H3/t10-/m1/s1. The molecule has 0 unspecified atom stereocenters. The molecule has 0 bridgehead atoms. The van der Waals surface area contributed by atoms with Crippen LogP contribution in [0.1, 0.15) is 28.9 Å². The van der Waals surface area contributed by atoms with Crippen LogP contribution in [0.5, 0.6) is 11.5 Å². The van der Waals surface area contributed by atoms with Gasteiger partial charge in [0.1, 0.15) is 6.10 Å². The molecule has 0 saturated heterocycles. The van der Waals surface area contributed by atoms with Crippen molar-refractivity contribution < 1.29 is 23.9 Å². The number of esters is 1. The second-order valence-corrected chi connectivity index (χ2v) is 5.50. The summed E-state index contributed by atoms with van der Waals surface area (Å²) in [4.78, 5) is 22.7. The topological polar surface area (TPSA) is 87.9 Å². The molecule has 0 N–H and O–H groups in total. The van der Waals surface area contributed by atoms with E-state index in [1.807, 2.05) is 0 Å². The van der Waals surface area contributed by atoms with Gasteiger partial charge in [0.25, 0.3) is 5.69 Å². The van der Waals surface area contributed by atoms with Gasteiger partial charge in [-0.25, -0.2) is 4.79 Å². The second-order valence-electron chi connectivity index (χ2n) is 5.09. The summed E-state index contributed by atoms with van der Waals surface area (Å²) in [5.41, 5.74) is 0.614. The third-order valence-electron chi connectivity index (χ3n) is 3.50. The van der Waals surface area contributed by atoms with Crippen LogP contribution in [0, 0.1) is 10.1 Å².